The first-order valence-corrected chi connectivity index (χ1v) is 11.0. The molecule has 0 unspecified atom stereocenters. The lowest BCUT2D eigenvalue weighted by Gasteiger charge is -2.13. The van der Waals surface area contributed by atoms with Gasteiger partial charge in [0.1, 0.15) is 12.2 Å². The molecule has 0 saturated carbocycles. The number of benzene rings is 3. The molecule has 0 saturated heterocycles. The Morgan fingerprint density at radius 3 is 2.44 bits per heavy atom. The van der Waals surface area contributed by atoms with E-state index in [1.54, 1.807) is 19.2 Å². The third-order valence-electron chi connectivity index (χ3n) is 5.40. The van der Waals surface area contributed by atoms with Crippen molar-refractivity contribution in [3.63, 3.8) is 0 Å². The first-order valence-electron chi connectivity index (χ1n) is 11.0. The molecule has 0 atom stereocenters. The van der Waals surface area contributed by atoms with Gasteiger partial charge in [0.25, 0.3) is 11.5 Å². The number of aromatic amines is 1. The summed E-state index contributed by atoms with van der Waals surface area (Å²) in [7, 11) is 1.57. The van der Waals surface area contributed by atoms with E-state index < -0.39 is 11.5 Å². The largest absolute Gasteiger partial charge is 0.493 e. The second-order valence-corrected chi connectivity index (χ2v) is 7.93. The van der Waals surface area contributed by atoms with Crippen molar-refractivity contribution in [3.05, 3.63) is 118 Å². The molecule has 1 amide bonds. The maximum Gasteiger partial charge on any atom is 0.261 e. The Kier molecular flexibility index (Phi) is 7.08. The van der Waals surface area contributed by atoms with Gasteiger partial charge in [0.05, 0.1) is 7.11 Å². The maximum atomic E-state index is 12.6. The third-order valence-corrected chi connectivity index (χ3v) is 5.40. The molecule has 1 aromatic heterocycles. The molecule has 0 aliphatic heterocycles. The molecule has 0 aliphatic carbocycles. The molecule has 3 aromatic carbocycles. The van der Waals surface area contributed by atoms with Gasteiger partial charge in [-0.2, -0.15) is 0 Å². The number of rotatable bonds is 8. The SMILES string of the molecule is COc1cc(CNC(=O)c2ccc(-c3cccc(C)c3)[nH]c2=O)ccc1OCc1ccccc1. The van der Waals surface area contributed by atoms with Crippen molar-refractivity contribution in [1.82, 2.24) is 10.3 Å². The smallest absolute Gasteiger partial charge is 0.261 e. The van der Waals surface area contributed by atoms with Crippen LogP contribution in [0.15, 0.2) is 89.7 Å². The van der Waals surface area contributed by atoms with Crippen LogP contribution in [0.4, 0.5) is 0 Å². The van der Waals surface area contributed by atoms with Gasteiger partial charge in [-0.3, -0.25) is 9.59 Å². The number of ether oxygens (including phenoxy) is 2. The average Bonchev–Trinajstić information content (AvgIpc) is 2.86. The van der Waals surface area contributed by atoms with Crippen LogP contribution in [0.3, 0.4) is 0 Å². The second kappa shape index (κ2) is 10.5. The number of hydrogen-bond donors (Lipinski definition) is 2. The van der Waals surface area contributed by atoms with E-state index in [0.29, 0.717) is 23.8 Å². The van der Waals surface area contributed by atoms with Crippen molar-refractivity contribution >= 4 is 5.91 Å². The monoisotopic (exact) mass is 454 g/mol. The Hall–Kier alpha value is -4.32. The van der Waals surface area contributed by atoms with Crippen LogP contribution in [0.1, 0.15) is 27.0 Å². The highest BCUT2D eigenvalue weighted by Crippen LogP contribution is 2.29. The van der Waals surface area contributed by atoms with Gasteiger partial charge in [0.15, 0.2) is 11.5 Å². The van der Waals surface area contributed by atoms with Crippen LogP contribution in [0.2, 0.25) is 0 Å². The van der Waals surface area contributed by atoms with Crippen molar-refractivity contribution in [3.8, 4) is 22.8 Å². The van der Waals surface area contributed by atoms with E-state index in [4.69, 9.17) is 9.47 Å². The van der Waals surface area contributed by atoms with Gasteiger partial charge in [-0.25, -0.2) is 0 Å². The number of amides is 1. The Balaban J connectivity index is 1.41. The summed E-state index contributed by atoms with van der Waals surface area (Å²) >= 11 is 0. The van der Waals surface area contributed by atoms with E-state index in [-0.39, 0.29) is 12.1 Å². The van der Waals surface area contributed by atoms with Crippen LogP contribution in [0.25, 0.3) is 11.3 Å². The number of nitrogens with one attached hydrogen (secondary N) is 2. The van der Waals surface area contributed by atoms with Gasteiger partial charge in [-0.05, 0) is 53.9 Å². The number of pyridine rings is 1. The summed E-state index contributed by atoms with van der Waals surface area (Å²) in [4.78, 5) is 28.0. The fraction of sp³-hybridized carbons (Fsp3) is 0.143. The fourth-order valence-electron chi connectivity index (χ4n) is 3.59. The molecule has 0 radical (unpaired) electrons. The molecule has 0 spiro atoms. The lowest BCUT2D eigenvalue weighted by atomic mass is 10.1. The zero-order valence-electron chi connectivity index (χ0n) is 19.1. The number of carbonyl (C=O) groups is 1. The summed E-state index contributed by atoms with van der Waals surface area (Å²) in [5.41, 5.74) is 4.16. The van der Waals surface area contributed by atoms with Crippen molar-refractivity contribution in [1.29, 1.82) is 0 Å². The van der Waals surface area contributed by atoms with Crippen LogP contribution in [0, 0.1) is 6.92 Å². The number of methoxy groups -OCH3 is 1. The highest BCUT2D eigenvalue weighted by Gasteiger charge is 2.13. The Morgan fingerprint density at radius 1 is 0.882 bits per heavy atom. The van der Waals surface area contributed by atoms with E-state index in [0.717, 1.165) is 22.3 Å². The minimum Gasteiger partial charge on any atom is -0.493 e. The molecular formula is C28H26N2O4. The highest BCUT2D eigenvalue weighted by atomic mass is 16.5. The molecule has 4 aromatic rings. The number of aromatic nitrogens is 1. The predicted octanol–water partition coefficient (Wildman–Crippen LogP) is 4.87. The summed E-state index contributed by atoms with van der Waals surface area (Å²) in [6, 6.07) is 26.4. The minimum absolute atomic E-state index is 0.0613. The molecule has 0 aliphatic rings. The molecule has 0 fully saturated rings. The standard InChI is InChI=1S/C28H26N2O4/c1-19-7-6-10-22(15-19)24-13-12-23(28(32)30-24)27(31)29-17-21-11-14-25(26(16-21)33-2)34-18-20-8-4-3-5-9-20/h3-16H,17-18H2,1-2H3,(H,29,31)(H,30,32). The van der Waals surface area contributed by atoms with Crippen LogP contribution < -0.4 is 20.3 Å². The van der Waals surface area contributed by atoms with Crippen LogP contribution >= 0.6 is 0 Å². The molecule has 4 rings (SSSR count). The number of H-pyrrole nitrogens is 1. The van der Waals surface area contributed by atoms with E-state index >= 15 is 0 Å². The van der Waals surface area contributed by atoms with Gasteiger partial charge in [0.2, 0.25) is 0 Å². The molecule has 6 nitrogen and oxygen atoms in total. The Bertz CT molecular complexity index is 1350. The van der Waals surface area contributed by atoms with Crippen LogP contribution in [0.5, 0.6) is 11.5 Å². The number of hydrogen-bond acceptors (Lipinski definition) is 4. The average molecular weight is 455 g/mol. The van der Waals surface area contributed by atoms with Gasteiger partial charge in [-0.1, -0.05) is 60.2 Å². The van der Waals surface area contributed by atoms with Crippen molar-refractivity contribution in [2.24, 2.45) is 0 Å². The summed E-state index contributed by atoms with van der Waals surface area (Å²) < 4.78 is 11.3. The van der Waals surface area contributed by atoms with Gasteiger partial charge >= 0.3 is 0 Å². The molecule has 172 valence electrons. The van der Waals surface area contributed by atoms with Gasteiger partial charge < -0.3 is 19.8 Å². The third kappa shape index (κ3) is 5.53. The van der Waals surface area contributed by atoms with Gasteiger partial charge in [-0.15, -0.1) is 0 Å². The summed E-state index contributed by atoms with van der Waals surface area (Å²) in [6.45, 7) is 2.65. The predicted molar refractivity (Wildman–Crippen MR) is 132 cm³/mol. The molecular weight excluding hydrogens is 428 g/mol. The van der Waals surface area contributed by atoms with E-state index in [2.05, 4.69) is 10.3 Å². The van der Waals surface area contributed by atoms with E-state index in [9.17, 15) is 9.59 Å². The summed E-state index contributed by atoms with van der Waals surface area (Å²) in [5, 5.41) is 2.80. The van der Waals surface area contributed by atoms with Crippen LogP contribution in [-0.4, -0.2) is 18.0 Å². The lowest BCUT2D eigenvalue weighted by molar-refractivity contribution is 0.0949. The molecule has 1 heterocycles. The topological polar surface area (TPSA) is 80.4 Å². The first kappa shape index (κ1) is 22.9. The number of aryl methyl sites for hydroxylation is 1. The number of carbonyl (C=O) groups excluding carboxylic acids is 1. The van der Waals surface area contributed by atoms with E-state index in [1.165, 1.54) is 0 Å². The fourth-order valence-corrected chi connectivity index (χ4v) is 3.59. The summed E-state index contributed by atoms with van der Waals surface area (Å²) in [6.07, 6.45) is 0. The van der Waals surface area contributed by atoms with Crippen molar-refractivity contribution in [2.45, 2.75) is 20.1 Å². The molecule has 6 heteroatoms. The molecule has 0 bridgehead atoms. The van der Waals surface area contributed by atoms with Crippen molar-refractivity contribution in [2.75, 3.05) is 7.11 Å². The zero-order chi connectivity index (χ0) is 23.9. The van der Waals surface area contributed by atoms with Gasteiger partial charge in [0, 0.05) is 12.2 Å². The Morgan fingerprint density at radius 2 is 1.71 bits per heavy atom. The molecule has 2 N–H and O–H groups in total. The summed E-state index contributed by atoms with van der Waals surface area (Å²) in [5.74, 6) is 0.744. The normalized spacial score (nSPS) is 10.5. The maximum absolute atomic E-state index is 12.6. The van der Waals surface area contributed by atoms with E-state index in [1.807, 2.05) is 79.7 Å². The van der Waals surface area contributed by atoms with Crippen LogP contribution in [-0.2, 0) is 13.2 Å². The zero-order valence-corrected chi connectivity index (χ0v) is 19.1. The second-order valence-electron chi connectivity index (χ2n) is 7.93. The Labute approximate surface area is 198 Å². The van der Waals surface area contributed by atoms with Crippen molar-refractivity contribution < 1.29 is 14.3 Å². The lowest BCUT2D eigenvalue weighted by Crippen LogP contribution is -2.29. The quantitative estimate of drug-likeness (QED) is 0.398. The highest BCUT2D eigenvalue weighted by molar-refractivity contribution is 5.94. The first-order chi connectivity index (χ1) is 16.5. The molecule has 34 heavy (non-hydrogen) atoms. The minimum atomic E-state index is -0.444.